The standard InChI is InChI=1S/C23H23ClFN3O4S/c24-19-15-18(6-7-20(19)25)33(30,31)27-12-8-22(29)28-13-9-17(10-14-28)32-21-5-1-3-16-4-2-11-26-23(16)21/h1-7,11,15,17,27H,8-10,12-14H2. The molecule has 1 saturated heterocycles. The molecular formula is C23H23ClFN3O4S. The van der Waals surface area contributed by atoms with Crippen molar-refractivity contribution >= 4 is 38.4 Å². The first-order valence-corrected chi connectivity index (χ1v) is 12.4. The molecule has 0 bridgehead atoms. The van der Waals surface area contributed by atoms with Gasteiger partial charge in [-0.05, 0) is 30.3 Å². The maximum Gasteiger partial charge on any atom is 0.240 e. The summed E-state index contributed by atoms with van der Waals surface area (Å²) in [5.41, 5.74) is 0.813. The fourth-order valence-corrected chi connectivity index (χ4v) is 5.05. The van der Waals surface area contributed by atoms with E-state index >= 15 is 0 Å². The molecule has 33 heavy (non-hydrogen) atoms. The number of rotatable bonds is 7. The Morgan fingerprint density at radius 1 is 1.18 bits per heavy atom. The fraction of sp³-hybridized carbons (Fsp3) is 0.304. The first-order valence-electron chi connectivity index (χ1n) is 10.6. The number of likely N-dealkylation sites (tertiary alicyclic amines) is 1. The van der Waals surface area contributed by atoms with Gasteiger partial charge >= 0.3 is 0 Å². The number of benzene rings is 2. The molecular weight excluding hydrogens is 469 g/mol. The smallest absolute Gasteiger partial charge is 0.240 e. The minimum atomic E-state index is -3.89. The molecule has 10 heteroatoms. The highest BCUT2D eigenvalue weighted by Gasteiger charge is 2.25. The van der Waals surface area contributed by atoms with E-state index in [1.54, 1.807) is 11.1 Å². The van der Waals surface area contributed by atoms with Gasteiger partial charge in [-0.1, -0.05) is 29.8 Å². The van der Waals surface area contributed by atoms with Crippen molar-refractivity contribution in [3.8, 4) is 5.75 Å². The zero-order valence-corrected chi connectivity index (χ0v) is 19.3. The molecule has 0 unspecified atom stereocenters. The fourth-order valence-electron chi connectivity index (χ4n) is 3.75. The quantitative estimate of drug-likeness (QED) is 0.543. The summed E-state index contributed by atoms with van der Waals surface area (Å²) in [6.45, 7) is 0.998. The van der Waals surface area contributed by atoms with Gasteiger partial charge in [-0.25, -0.2) is 17.5 Å². The number of piperidine rings is 1. The van der Waals surface area contributed by atoms with Crippen LogP contribution in [0.4, 0.5) is 4.39 Å². The van der Waals surface area contributed by atoms with E-state index in [9.17, 15) is 17.6 Å². The van der Waals surface area contributed by atoms with Crippen molar-refractivity contribution in [2.75, 3.05) is 19.6 Å². The predicted octanol–water partition coefficient (Wildman–Crippen LogP) is 3.77. The minimum absolute atomic E-state index is 0.0208. The van der Waals surface area contributed by atoms with Gasteiger partial charge < -0.3 is 9.64 Å². The predicted molar refractivity (Wildman–Crippen MR) is 123 cm³/mol. The monoisotopic (exact) mass is 491 g/mol. The number of carbonyl (C=O) groups is 1. The third-order valence-corrected chi connectivity index (χ3v) is 7.26. The lowest BCUT2D eigenvalue weighted by molar-refractivity contribution is -0.132. The van der Waals surface area contributed by atoms with Crippen LogP contribution in [0.15, 0.2) is 59.6 Å². The third-order valence-electron chi connectivity index (χ3n) is 5.52. The lowest BCUT2D eigenvalue weighted by Gasteiger charge is -2.32. The van der Waals surface area contributed by atoms with Crippen LogP contribution in [0.2, 0.25) is 5.02 Å². The highest BCUT2D eigenvalue weighted by molar-refractivity contribution is 7.89. The summed E-state index contributed by atoms with van der Waals surface area (Å²) in [6, 6.07) is 12.8. The third kappa shape index (κ3) is 5.61. The van der Waals surface area contributed by atoms with Gasteiger partial charge in [0.05, 0.1) is 9.92 Å². The minimum Gasteiger partial charge on any atom is -0.488 e. The van der Waals surface area contributed by atoms with Gasteiger partial charge in [-0.15, -0.1) is 0 Å². The summed E-state index contributed by atoms with van der Waals surface area (Å²) in [7, 11) is -3.89. The molecule has 1 aliphatic rings. The Labute approximate surface area is 196 Å². The number of sulfonamides is 1. The second-order valence-corrected chi connectivity index (χ2v) is 9.93. The van der Waals surface area contributed by atoms with Crippen LogP contribution in [0, 0.1) is 5.82 Å². The number of aromatic nitrogens is 1. The van der Waals surface area contributed by atoms with Gasteiger partial charge in [0, 0.05) is 50.5 Å². The van der Waals surface area contributed by atoms with Crippen LogP contribution in [0.25, 0.3) is 10.9 Å². The lowest BCUT2D eigenvalue weighted by atomic mass is 10.1. The number of nitrogens with one attached hydrogen (secondary N) is 1. The molecule has 0 atom stereocenters. The average molecular weight is 492 g/mol. The molecule has 0 aliphatic carbocycles. The number of amides is 1. The van der Waals surface area contributed by atoms with Crippen LogP contribution in [0.3, 0.4) is 0 Å². The summed E-state index contributed by atoms with van der Waals surface area (Å²) >= 11 is 5.66. The van der Waals surface area contributed by atoms with Gasteiger partial charge in [0.15, 0.2) is 0 Å². The van der Waals surface area contributed by atoms with Crippen molar-refractivity contribution < 1.29 is 22.3 Å². The molecule has 7 nitrogen and oxygen atoms in total. The number of halogens is 2. The van der Waals surface area contributed by atoms with Gasteiger partial charge in [0.2, 0.25) is 15.9 Å². The topological polar surface area (TPSA) is 88.6 Å². The van der Waals surface area contributed by atoms with Crippen LogP contribution in [0.1, 0.15) is 19.3 Å². The van der Waals surface area contributed by atoms with E-state index in [-0.39, 0.29) is 34.9 Å². The van der Waals surface area contributed by atoms with Crippen LogP contribution >= 0.6 is 11.6 Å². The van der Waals surface area contributed by atoms with Gasteiger partial charge in [0.1, 0.15) is 23.2 Å². The number of fused-ring (bicyclic) bond motifs is 1. The van der Waals surface area contributed by atoms with Crippen molar-refractivity contribution in [3.63, 3.8) is 0 Å². The zero-order valence-electron chi connectivity index (χ0n) is 17.7. The first kappa shape index (κ1) is 23.4. The second kappa shape index (κ2) is 10.0. The largest absolute Gasteiger partial charge is 0.488 e. The highest BCUT2D eigenvalue weighted by Crippen LogP contribution is 2.26. The van der Waals surface area contributed by atoms with Crippen molar-refractivity contribution in [1.82, 2.24) is 14.6 Å². The summed E-state index contributed by atoms with van der Waals surface area (Å²) < 4.78 is 46.4. The molecule has 0 saturated carbocycles. The number of ether oxygens (including phenoxy) is 1. The first-order chi connectivity index (χ1) is 15.8. The van der Waals surface area contributed by atoms with Crippen LogP contribution in [-0.4, -0.2) is 49.9 Å². The second-order valence-electron chi connectivity index (χ2n) is 7.75. The Bertz CT molecular complexity index is 1260. The Morgan fingerprint density at radius 2 is 1.94 bits per heavy atom. The molecule has 1 amide bonds. The van der Waals surface area contributed by atoms with E-state index in [1.165, 1.54) is 0 Å². The molecule has 4 rings (SSSR count). The molecule has 1 aromatic heterocycles. The highest BCUT2D eigenvalue weighted by atomic mass is 35.5. The Balaban J connectivity index is 1.26. The Kier molecular flexibility index (Phi) is 7.11. The molecule has 174 valence electrons. The molecule has 1 N–H and O–H groups in total. The number of pyridine rings is 1. The Morgan fingerprint density at radius 3 is 2.70 bits per heavy atom. The maximum absolute atomic E-state index is 13.3. The number of para-hydroxylation sites is 1. The normalized spacial score (nSPS) is 15.0. The SMILES string of the molecule is O=C(CCNS(=O)(=O)c1ccc(F)c(Cl)c1)N1CCC(Oc2cccc3cccnc23)CC1. The van der Waals surface area contributed by atoms with Crippen molar-refractivity contribution in [2.45, 2.75) is 30.3 Å². The molecule has 0 spiro atoms. The molecule has 2 aromatic carbocycles. The summed E-state index contributed by atoms with van der Waals surface area (Å²) in [4.78, 5) is 18.5. The van der Waals surface area contributed by atoms with Crippen LogP contribution in [0.5, 0.6) is 5.75 Å². The molecule has 1 aliphatic heterocycles. The Hall–Kier alpha value is -2.75. The maximum atomic E-state index is 13.3. The zero-order chi connectivity index (χ0) is 23.4. The van der Waals surface area contributed by atoms with E-state index in [0.29, 0.717) is 25.9 Å². The number of nitrogens with zero attached hydrogens (tertiary/aromatic N) is 2. The molecule has 2 heterocycles. The molecule has 3 aromatic rings. The van der Waals surface area contributed by atoms with E-state index in [1.807, 2.05) is 30.3 Å². The van der Waals surface area contributed by atoms with Gasteiger partial charge in [0.25, 0.3) is 0 Å². The van der Waals surface area contributed by atoms with Crippen molar-refractivity contribution in [3.05, 3.63) is 65.6 Å². The van der Waals surface area contributed by atoms with E-state index in [4.69, 9.17) is 16.3 Å². The van der Waals surface area contributed by atoms with Crippen molar-refractivity contribution in [1.29, 1.82) is 0 Å². The summed E-state index contributed by atoms with van der Waals surface area (Å²) in [5.74, 6) is -0.108. The van der Waals surface area contributed by atoms with Gasteiger partial charge in [-0.3, -0.25) is 9.78 Å². The molecule has 0 radical (unpaired) electrons. The number of carbonyl (C=O) groups excluding carboxylic acids is 1. The summed E-state index contributed by atoms with van der Waals surface area (Å²) in [6.07, 6.45) is 3.08. The van der Waals surface area contributed by atoms with Crippen LogP contribution < -0.4 is 9.46 Å². The van der Waals surface area contributed by atoms with Crippen molar-refractivity contribution in [2.24, 2.45) is 0 Å². The summed E-state index contributed by atoms with van der Waals surface area (Å²) in [5, 5.41) is 0.728. The van der Waals surface area contributed by atoms with E-state index in [0.717, 1.165) is 34.9 Å². The number of hydrogen-bond acceptors (Lipinski definition) is 5. The lowest BCUT2D eigenvalue weighted by Crippen LogP contribution is -2.42. The van der Waals surface area contributed by atoms with E-state index < -0.39 is 15.8 Å². The average Bonchev–Trinajstić information content (AvgIpc) is 2.81. The number of hydrogen-bond donors (Lipinski definition) is 1. The molecule has 1 fully saturated rings. The van der Waals surface area contributed by atoms with Gasteiger partial charge in [-0.2, -0.15) is 0 Å². The van der Waals surface area contributed by atoms with Crippen LogP contribution in [-0.2, 0) is 14.8 Å². The van der Waals surface area contributed by atoms with E-state index in [2.05, 4.69) is 9.71 Å².